The molecule has 4 heteroatoms. The summed E-state index contributed by atoms with van der Waals surface area (Å²) >= 11 is 3.92. The van der Waals surface area contributed by atoms with Crippen molar-refractivity contribution in [1.29, 1.82) is 0 Å². The number of hydrogen-bond donors (Lipinski definition) is 1. The van der Waals surface area contributed by atoms with Crippen LogP contribution >= 0.6 is 15.9 Å². The second-order valence-electron chi connectivity index (χ2n) is 5.09. The van der Waals surface area contributed by atoms with Gasteiger partial charge in [0.2, 0.25) is 0 Å². The van der Waals surface area contributed by atoms with Gasteiger partial charge in [0, 0.05) is 0 Å². The van der Waals surface area contributed by atoms with Gasteiger partial charge in [0.25, 0.3) is 0 Å². The first-order valence-corrected chi connectivity index (χ1v) is 8.94. The van der Waals surface area contributed by atoms with Gasteiger partial charge in [-0.2, -0.15) is 0 Å². The molecule has 1 fully saturated rings. The molecule has 0 aromatic carbocycles. The first-order chi connectivity index (χ1) is 8.71. The molecular weight excluding hydrogens is 357 g/mol. The molecule has 0 aliphatic heterocycles. The zero-order chi connectivity index (χ0) is 12.6. The number of fused-ring (bicyclic) bond motifs is 1. The summed E-state index contributed by atoms with van der Waals surface area (Å²) in [5.41, 5.74) is 0.645. The zero-order valence-electron chi connectivity index (χ0n) is 10.2. The molecule has 1 aliphatic rings. The number of aromatic nitrogens is 1. The third-order valence-corrected chi connectivity index (χ3v) is 7.87. The van der Waals surface area contributed by atoms with Gasteiger partial charge >= 0.3 is 122 Å². The standard InChI is InChI=1S/C14H17BrNOSe/c15-12-11-7-3-6-10-16(11)18-13(12)14(17)8-4-1-2-5-9-14/h3,6-7,10,17H,1-2,4-5,8-9H2/q+1. The second kappa shape index (κ2) is 5.09. The van der Waals surface area contributed by atoms with Crippen LogP contribution in [0.5, 0.6) is 0 Å². The summed E-state index contributed by atoms with van der Waals surface area (Å²) in [7, 11) is 0. The van der Waals surface area contributed by atoms with E-state index in [-0.39, 0.29) is 14.7 Å². The van der Waals surface area contributed by atoms with E-state index >= 15 is 0 Å². The molecule has 0 bridgehead atoms. The summed E-state index contributed by atoms with van der Waals surface area (Å²) in [5, 5.41) is 11.0. The van der Waals surface area contributed by atoms with Crippen molar-refractivity contribution in [3.63, 3.8) is 0 Å². The third kappa shape index (κ3) is 2.20. The van der Waals surface area contributed by atoms with Crippen LogP contribution < -0.4 is 3.40 Å². The number of hydrogen-bond acceptors (Lipinski definition) is 1. The normalized spacial score (nSPS) is 19.9. The molecule has 0 atom stereocenters. The molecule has 0 saturated heterocycles. The Kier molecular flexibility index (Phi) is 3.63. The van der Waals surface area contributed by atoms with Crippen LogP contribution in [0.2, 0.25) is 0 Å². The van der Waals surface area contributed by atoms with Gasteiger partial charge in [0.1, 0.15) is 0 Å². The number of aliphatic hydroxyl groups is 1. The van der Waals surface area contributed by atoms with Crippen LogP contribution in [0.3, 0.4) is 0 Å². The fraction of sp³-hybridized carbons (Fsp3) is 0.500. The van der Waals surface area contributed by atoms with E-state index in [1.54, 1.807) is 0 Å². The van der Waals surface area contributed by atoms with Gasteiger partial charge in [-0.25, -0.2) is 0 Å². The fourth-order valence-electron chi connectivity index (χ4n) is 2.76. The summed E-state index contributed by atoms with van der Waals surface area (Å²) in [4.78, 5) is 0. The first kappa shape index (κ1) is 12.9. The van der Waals surface area contributed by atoms with Crippen molar-refractivity contribution < 1.29 is 8.50 Å². The van der Waals surface area contributed by atoms with Gasteiger partial charge in [-0.15, -0.1) is 0 Å². The van der Waals surface area contributed by atoms with Crippen LogP contribution in [-0.2, 0) is 5.60 Å². The minimum atomic E-state index is -0.568. The van der Waals surface area contributed by atoms with E-state index in [1.165, 1.54) is 22.8 Å². The Hall–Kier alpha value is -0.151. The maximum atomic E-state index is 11.0. The van der Waals surface area contributed by atoms with Crippen molar-refractivity contribution in [2.45, 2.75) is 44.1 Å². The van der Waals surface area contributed by atoms with E-state index in [9.17, 15) is 5.11 Å². The van der Waals surface area contributed by atoms with Crippen molar-refractivity contribution in [2.24, 2.45) is 0 Å². The fourth-order valence-corrected chi connectivity index (χ4v) is 6.48. The van der Waals surface area contributed by atoms with E-state index in [4.69, 9.17) is 0 Å². The molecule has 2 aromatic heterocycles. The molecular formula is C14H17BrNOSe+. The number of pyridine rings is 1. The zero-order valence-corrected chi connectivity index (χ0v) is 13.5. The van der Waals surface area contributed by atoms with Gasteiger partial charge in [-0.05, 0) is 0 Å². The number of halogens is 1. The average molecular weight is 374 g/mol. The molecule has 1 N–H and O–H groups in total. The van der Waals surface area contributed by atoms with Crippen molar-refractivity contribution >= 4 is 36.2 Å². The monoisotopic (exact) mass is 374 g/mol. The quantitative estimate of drug-likeness (QED) is 0.603. The Balaban J connectivity index is 2.09. The van der Waals surface area contributed by atoms with E-state index in [2.05, 4.69) is 43.7 Å². The Morgan fingerprint density at radius 3 is 2.56 bits per heavy atom. The van der Waals surface area contributed by atoms with Crippen LogP contribution in [0.25, 0.3) is 5.52 Å². The molecule has 2 aromatic rings. The SMILES string of the molecule is OC1(c2[se][n+]3ccccc3c2Br)CCCCCC1. The minimum absolute atomic E-state index is 0.203. The van der Waals surface area contributed by atoms with Gasteiger partial charge < -0.3 is 0 Å². The van der Waals surface area contributed by atoms with Crippen molar-refractivity contribution in [2.75, 3.05) is 0 Å². The van der Waals surface area contributed by atoms with Crippen molar-refractivity contribution in [1.82, 2.24) is 0 Å². The van der Waals surface area contributed by atoms with Crippen LogP contribution in [0.15, 0.2) is 28.9 Å². The van der Waals surface area contributed by atoms with Gasteiger partial charge in [-0.1, -0.05) is 0 Å². The molecule has 2 heterocycles. The van der Waals surface area contributed by atoms with Crippen LogP contribution in [0.4, 0.5) is 0 Å². The molecule has 0 unspecified atom stereocenters. The second-order valence-corrected chi connectivity index (χ2v) is 7.95. The molecule has 96 valence electrons. The van der Waals surface area contributed by atoms with Crippen LogP contribution in [-0.4, -0.2) is 19.8 Å². The molecule has 0 spiro atoms. The average Bonchev–Trinajstić information content (AvgIpc) is 2.57. The predicted molar refractivity (Wildman–Crippen MR) is 75.8 cm³/mol. The molecule has 2 nitrogen and oxygen atoms in total. The Morgan fingerprint density at radius 1 is 1.17 bits per heavy atom. The summed E-state index contributed by atoms with van der Waals surface area (Å²) in [6, 6.07) is 6.24. The van der Waals surface area contributed by atoms with Crippen LogP contribution in [0, 0.1) is 0 Å². The Bertz CT molecular complexity index is 558. The van der Waals surface area contributed by atoms with E-state index in [0.717, 1.165) is 30.2 Å². The molecule has 0 radical (unpaired) electrons. The molecule has 1 aliphatic carbocycles. The molecule has 3 rings (SSSR count). The topological polar surface area (TPSA) is 24.3 Å². The summed E-state index contributed by atoms with van der Waals surface area (Å²) in [6.45, 7) is 0. The molecule has 18 heavy (non-hydrogen) atoms. The number of rotatable bonds is 1. The van der Waals surface area contributed by atoms with Crippen molar-refractivity contribution in [3.8, 4) is 0 Å². The van der Waals surface area contributed by atoms with Gasteiger partial charge in [0.15, 0.2) is 0 Å². The Morgan fingerprint density at radius 2 is 1.89 bits per heavy atom. The van der Waals surface area contributed by atoms with Gasteiger partial charge in [0.05, 0.1) is 0 Å². The summed E-state index contributed by atoms with van der Waals surface area (Å²) in [5.74, 6) is 0. The number of nitrogens with zero attached hydrogens (tertiary/aromatic N) is 1. The van der Waals surface area contributed by atoms with E-state index in [0.29, 0.717) is 0 Å². The predicted octanol–water partition coefficient (Wildman–Crippen LogP) is 2.79. The third-order valence-electron chi connectivity index (χ3n) is 3.79. The Labute approximate surface area is 122 Å². The van der Waals surface area contributed by atoms with Crippen LogP contribution in [0.1, 0.15) is 43.0 Å². The molecule has 1 saturated carbocycles. The van der Waals surface area contributed by atoms with E-state index < -0.39 is 5.60 Å². The van der Waals surface area contributed by atoms with Crippen molar-refractivity contribution in [3.05, 3.63) is 33.3 Å². The molecule has 0 amide bonds. The van der Waals surface area contributed by atoms with Gasteiger partial charge in [-0.3, -0.25) is 0 Å². The van der Waals surface area contributed by atoms with E-state index in [1.807, 2.05) is 0 Å². The maximum absolute atomic E-state index is 11.0. The summed E-state index contributed by atoms with van der Waals surface area (Å²) in [6.07, 6.45) is 8.79. The first-order valence-electron chi connectivity index (χ1n) is 6.53. The summed E-state index contributed by atoms with van der Waals surface area (Å²) < 4.78 is 4.64.